The molecule has 2 nitrogen and oxygen atoms in total. The van der Waals surface area contributed by atoms with Gasteiger partial charge in [-0.25, -0.2) is 0 Å². The molecule has 0 radical (unpaired) electrons. The molecule has 0 aliphatic rings. The third kappa shape index (κ3) is 5.30. The molecule has 0 aromatic carbocycles. The van der Waals surface area contributed by atoms with Crippen LogP contribution in [0.3, 0.4) is 0 Å². The van der Waals surface area contributed by atoms with Gasteiger partial charge in [-0.15, -0.1) is 0 Å². The lowest BCUT2D eigenvalue weighted by Crippen LogP contribution is -2.32. The Balaban J connectivity index is 2.25. The van der Waals surface area contributed by atoms with Crippen molar-refractivity contribution in [3.63, 3.8) is 0 Å². The summed E-state index contributed by atoms with van der Waals surface area (Å²) >= 11 is 1.69. The summed E-state index contributed by atoms with van der Waals surface area (Å²) in [4.78, 5) is 0. The minimum Gasteiger partial charge on any atom is -0.390 e. The second kappa shape index (κ2) is 6.26. The number of thiophene rings is 1. The lowest BCUT2D eigenvalue weighted by atomic mass is 9.95. The highest BCUT2D eigenvalue weighted by molar-refractivity contribution is 7.07. The van der Waals surface area contributed by atoms with Crippen LogP contribution in [0.15, 0.2) is 16.8 Å². The molecule has 1 unspecified atom stereocenters. The first-order valence-corrected chi connectivity index (χ1v) is 6.52. The van der Waals surface area contributed by atoms with Crippen molar-refractivity contribution in [2.45, 2.75) is 38.7 Å². The maximum Gasteiger partial charge on any atom is 0.0672 e. The molecule has 0 spiro atoms. The Labute approximate surface area is 96.3 Å². The fourth-order valence-electron chi connectivity index (χ4n) is 1.58. The summed E-state index contributed by atoms with van der Waals surface area (Å²) in [6.07, 6.45) is 2.71. The molecule has 0 saturated heterocycles. The third-order valence-electron chi connectivity index (χ3n) is 2.43. The normalized spacial score (nSPS) is 15.1. The molecule has 1 atom stereocenters. The molecular weight excluding hydrogens is 206 g/mol. The molecule has 1 aromatic rings. The molecule has 15 heavy (non-hydrogen) atoms. The topological polar surface area (TPSA) is 32.3 Å². The van der Waals surface area contributed by atoms with Crippen molar-refractivity contribution in [3.05, 3.63) is 22.4 Å². The lowest BCUT2D eigenvalue weighted by molar-refractivity contribution is 0.0517. The fraction of sp³-hybridized carbons (Fsp3) is 0.667. The van der Waals surface area contributed by atoms with Gasteiger partial charge >= 0.3 is 0 Å². The zero-order valence-electron chi connectivity index (χ0n) is 9.62. The Morgan fingerprint density at radius 3 is 2.87 bits per heavy atom. The van der Waals surface area contributed by atoms with E-state index in [1.54, 1.807) is 11.3 Å². The first kappa shape index (κ1) is 12.7. The number of hydrogen-bond donors (Lipinski definition) is 2. The quantitative estimate of drug-likeness (QED) is 0.701. The summed E-state index contributed by atoms with van der Waals surface area (Å²) < 4.78 is 0. The van der Waals surface area contributed by atoms with E-state index in [1.807, 2.05) is 6.92 Å². The predicted octanol–water partition coefficient (Wildman–Crippen LogP) is 2.43. The van der Waals surface area contributed by atoms with Gasteiger partial charge in [0.1, 0.15) is 0 Å². The minimum absolute atomic E-state index is 0.582. The van der Waals surface area contributed by atoms with Gasteiger partial charge in [-0.2, -0.15) is 11.3 Å². The van der Waals surface area contributed by atoms with E-state index >= 15 is 0 Å². The van der Waals surface area contributed by atoms with Crippen molar-refractivity contribution in [2.75, 3.05) is 13.1 Å². The van der Waals surface area contributed by atoms with E-state index in [0.29, 0.717) is 0 Å². The first-order valence-electron chi connectivity index (χ1n) is 5.58. The minimum atomic E-state index is -0.582. The second-order valence-corrected chi connectivity index (χ2v) is 5.09. The highest BCUT2D eigenvalue weighted by atomic mass is 32.1. The van der Waals surface area contributed by atoms with E-state index in [4.69, 9.17) is 0 Å². The van der Waals surface area contributed by atoms with Gasteiger partial charge in [0, 0.05) is 6.42 Å². The highest BCUT2D eigenvalue weighted by Crippen LogP contribution is 2.18. The molecule has 1 heterocycles. The van der Waals surface area contributed by atoms with E-state index in [1.165, 1.54) is 5.56 Å². The van der Waals surface area contributed by atoms with Crippen molar-refractivity contribution >= 4 is 11.3 Å². The maximum absolute atomic E-state index is 10.2. The molecule has 0 amide bonds. The van der Waals surface area contributed by atoms with Crippen LogP contribution in [0, 0.1) is 0 Å². The van der Waals surface area contributed by atoms with Crippen LogP contribution in [0.4, 0.5) is 0 Å². The Hall–Kier alpha value is -0.380. The van der Waals surface area contributed by atoms with Crippen LogP contribution >= 0.6 is 11.3 Å². The highest BCUT2D eigenvalue weighted by Gasteiger charge is 2.20. The van der Waals surface area contributed by atoms with Crippen LogP contribution in [0.1, 0.15) is 32.3 Å². The fourth-order valence-corrected chi connectivity index (χ4v) is 2.25. The van der Waals surface area contributed by atoms with Crippen molar-refractivity contribution in [3.8, 4) is 0 Å². The van der Waals surface area contributed by atoms with Gasteiger partial charge < -0.3 is 10.4 Å². The average molecular weight is 227 g/mol. The van der Waals surface area contributed by atoms with Crippen LogP contribution in [-0.4, -0.2) is 23.8 Å². The summed E-state index contributed by atoms with van der Waals surface area (Å²) in [5.74, 6) is 0. The SMILES string of the molecule is CCCNCCC(C)(O)Cc1ccsc1. The zero-order valence-corrected chi connectivity index (χ0v) is 10.4. The maximum atomic E-state index is 10.2. The summed E-state index contributed by atoms with van der Waals surface area (Å²) in [6.45, 7) is 5.99. The number of aliphatic hydroxyl groups is 1. The van der Waals surface area contributed by atoms with Crippen molar-refractivity contribution < 1.29 is 5.11 Å². The van der Waals surface area contributed by atoms with Gasteiger partial charge in [0.25, 0.3) is 0 Å². The lowest BCUT2D eigenvalue weighted by Gasteiger charge is -2.22. The van der Waals surface area contributed by atoms with Gasteiger partial charge in [-0.05, 0) is 55.2 Å². The molecule has 1 aromatic heterocycles. The molecule has 0 aliphatic heterocycles. The van der Waals surface area contributed by atoms with Gasteiger partial charge in [0.2, 0.25) is 0 Å². The summed E-state index contributed by atoms with van der Waals surface area (Å²) in [5, 5.41) is 17.6. The van der Waals surface area contributed by atoms with Crippen molar-refractivity contribution in [2.24, 2.45) is 0 Å². The van der Waals surface area contributed by atoms with Crippen LogP contribution < -0.4 is 5.32 Å². The molecule has 1 rings (SSSR count). The average Bonchev–Trinajstić information content (AvgIpc) is 2.64. The Morgan fingerprint density at radius 1 is 1.47 bits per heavy atom. The molecular formula is C12H21NOS. The summed E-state index contributed by atoms with van der Waals surface area (Å²) in [6, 6.07) is 2.08. The third-order valence-corrected chi connectivity index (χ3v) is 3.16. The largest absolute Gasteiger partial charge is 0.390 e. The zero-order chi connectivity index (χ0) is 11.1. The van der Waals surface area contributed by atoms with Gasteiger partial charge in [-0.3, -0.25) is 0 Å². The molecule has 0 fully saturated rings. The second-order valence-electron chi connectivity index (χ2n) is 4.31. The van der Waals surface area contributed by atoms with E-state index < -0.39 is 5.60 Å². The Morgan fingerprint density at radius 2 is 2.27 bits per heavy atom. The summed E-state index contributed by atoms with van der Waals surface area (Å²) in [7, 11) is 0. The Bertz CT molecular complexity index is 257. The van der Waals surface area contributed by atoms with E-state index in [9.17, 15) is 5.11 Å². The molecule has 0 bridgehead atoms. The number of nitrogens with one attached hydrogen (secondary N) is 1. The van der Waals surface area contributed by atoms with Gasteiger partial charge in [0.15, 0.2) is 0 Å². The first-order chi connectivity index (χ1) is 7.14. The van der Waals surface area contributed by atoms with Crippen molar-refractivity contribution in [1.82, 2.24) is 5.32 Å². The molecule has 0 aliphatic carbocycles. The Kier molecular flexibility index (Phi) is 5.29. The monoisotopic (exact) mass is 227 g/mol. The summed E-state index contributed by atoms with van der Waals surface area (Å²) in [5.41, 5.74) is 0.655. The predicted molar refractivity (Wildman–Crippen MR) is 66.4 cm³/mol. The molecule has 2 N–H and O–H groups in total. The van der Waals surface area contributed by atoms with Crippen LogP contribution in [0.2, 0.25) is 0 Å². The molecule has 3 heteroatoms. The van der Waals surface area contributed by atoms with E-state index in [2.05, 4.69) is 29.1 Å². The van der Waals surface area contributed by atoms with Crippen LogP contribution in [0.25, 0.3) is 0 Å². The van der Waals surface area contributed by atoms with Gasteiger partial charge in [-0.1, -0.05) is 6.92 Å². The van der Waals surface area contributed by atoms with Crippen molar-refractivity contribution in [1.29, 1.82) is 0 Å². The van der Waals surface area contributed by atoms with Gasteiger partial charge in [0.05, 0.1) is 5.60 Å². The standard InChI is InChI=1S/C12H21NOS/c1-3-6-13-7-5-12(2,14)9-11-4-8-15-10-11/h4,8,10,13-14H,3,5-7,9H2,1-2H3. The van der Waals surface area contributed by atoms with E-state index in [-0.39, 0.29) is 0 Å². The molecule has 0 saturated carbocycles. The number of hydrogen-bond acceptors (Lipinski definition) is 3. The smallest absolute Gasteiger partial charge is 0.0672 e. The number of rotatable bonds is 7. The van der Waals surface area contributed by atoms with Crippen LogP contribution in [0.5, 0.6) is 0 Å². The molecule has 86 valence electrons. The van der Waals surface area contributed by atoms with Crippen LogP contribution in [-0.2, 0) is 6.42 Å². The van der Waals surface area contributed by atoms with E-state index in [0.717, 1.165) is 32.4 Å².